The van der Waals surface area contributed by atoms with E-state index < -0.39 is 11.9 Å². The molecule has 2 aromatic carbocycles. The van der Waals surface area contributed by atoms with E-state index in [9.17, 15) is 9.50 Å². The van der Waals surface area contributed by atoms with Crippen molar-refractivity contribution in [1.29, 1.82) is 0 Å². The van der Waals surface area contributed by atoms with Crippen molar-refractivity contribution < 1.29 is 9.50 Å². The van der Waals surface area contributed by atoms with Gasteiger partial charge in [-0.15, -0.1) is 0 Å². The molecule has 0 amide bonds. The minimum atomic E-state index is -0.893. The summed E-state index contributed by atoms with van der Waals surface area (Å²) in [4.78, 5) is 0. The fourth-order valence-electron chi connectivity index (χ4n) is 1.70. The maximum Gasteiger partial charge on any atom is 0.124 e. The Bertz CT molecular complexity index is 566. The number of halogens is 3. The second kappa shape index (κ2) is 5.39. The van der Waals surface area contributed by atoms with E-state index in [1.165, 1.54) is 12.1 Å². The fourth-order valence-corrected chi connectivity index (χ4v) is 2.38. The predicted molar refractivity (Wildman–Crippen MR) is 74.4 cm³/mol. The van der Waals surface area contributed by atoms with Gasteiger partial charge in [-0.25, -0.2) is 4.39 Å². The Hall–Kier alpha value is -0.900. The maximum absolute atomic E-state index is 13.3. The monoisotopic (exact) mass is 328 g/mol. The average molecular weight is 330 g/mol. The molecule has 4 heteroatoms. The van der Waals surface area contributed by atoms with Crippen LogP contribution >= 0.6 is 27.5 Å². The first-order valence-corrected chi connectivity index (χ1v) is 6.54. The van der Waals surface area contributed by atoms with Gasteiger partial charge in [-0.1, -0.05) is 39.7 Å². The van der Waals surface area contributed by atoms with E-state index in [0.29, 0.717) is 20.6 Å². The van der Waals surface area contributed by atoms with Gasteiger partial charge >= 0.3 is 0 Å². The van der Waals surface area contributed by atoms with Gasteiger partial charge in [0, 0.05) is 9.50 Å². The zero-order valence-corrected chi connectivity index (χ0v) is 12.0. The molecule has 0 aliphatic carbocycles. The van der Waals surface area contributed by atoms with E-state index in [-0.39, 0.29) is 0 Å². The predicted octanol–water partition coefficient (Wildman–Crippen LogP) is 4.63. The highest BCUT2D eigenvalue weighted by Crippen LogP contribution is 2.28. The van der Waals surface area contributed by atoms with Crippen LogP contribution < -0.4 is 0 Å². The minimum absolute atomic E-state index is 0.392. The van der Waals surface area contributed by atoms with Gasteiger partial charge in [0.15, 0.2) is 0 Å². The van der Waals surface area contributed by atoms with Gasteiger partial charge < -0.3 is 5.11 Å². The summed E-state index contributed by atoms with van der Waals surface area (Å²) < 4.78 is 13.9. The number of aliphatic hydroxyl groups is 1. The molecule has 0 heterocycles. The van der Waals surface area contributed by atoms with Crippen LogP contribution in [0.4, 0.5) is 4.39 Å². The Morgan fingerprint density at radius 2 is 1.89 bits per heavy atom. The fraction of sp³-hybridized carbons (Fsp3) is 0.143. The SMILES string of the molecule is Cc1ccc(C(O)c2cc(F)cc(Br)c2)cc1Cl. The summed E-state index contributed by atoms with van der Waals surface area (Å²) in [5.41, 5.74) is 2.07. The molecule has 2 rings (SSSR count). The van der Waals surface area contributed by atoms with Gasteiger partial charge in [0.05, 0.1) is 0 Å². The lowest BCUT2D eigenvalue weighted by Crippen LogP contribution is -2.00. The highest BCUT2D eigenvalue weighted by Gasteiger charge is 2.13. The molecule has 0 spiro atoms. The zero-order valence-electron chi connectivity index (χ0n) is 9.62. The first kappa shape index (κ1) is 13.5. The lowest BCUT2D eigenvalue weighted by atomic mass is 10.0. The molecule has 0 aromatic heterocycles. The van der Waals surface area contributed by atoms with Crippen molar-refractivity contribution in [3.8, 4) is 0 Å². The van der Waals surface area contributed by atoms with Crippen molar-refractivity contribution >= 4 is 27.5 Å². The molecular formula is C14H11BrClFO. The summed E-state index contributed by atoms with van der Waals surface area (Å²) in [6.07, 6.45) is -0.893. The Morgan fingerprint density at radius 3 is 2.50 bits per heavy atom. The summed E-state index contributed by atoms with van der Waals surface area (Å²) >= 11 is 9.22. The number of aryl methyl sites for hydroxylation is 1. The Morgan fingerprint density at radius 1 is 1.17 bits per heavy atom. The molecule has 1 nitrogen and oxygen atoms in total. The molecule has 1 atom stereocenters. The van der Waals surface area contributed by atoms with E-state index in [1.807, 2.05) is 13.0 Å². The molecular weight excluding hydrogens is 319 g/mol. The minimum Gasteiger partial charge on any atom is -0.384 e. The summed E-state index contributed by atoms with van der Waals surface area (Å²) in [7, 11) is 0. The first-order chi connectivity index (χ1) is 8.47. The summed E-state index contributed by atoms with van der Waals surface area (Å²) in [5.74, 6) is -0.392. The average Bonchev–Trinajstić information content (AvgIpc) is 2.30. The molecule has 1 unspecified atom stereocenters. The smallest absolute Gasteiger partial charge is 0.124 e. The lowest BCUT2D eigenvalue weighted by Gasteiger charge is -2.13. The highest BCUT2D eigenvalue weighted by atomic mass is 79.9. The summed E-state index contributed by atoms with van der Waals surface area (Å²) in [5, 5.41) is 10.8. The van der Waals surface area contributed by atoms with Crippen LogP contribution in [-0.2, 0) is 0 Å². The first-order valence-electron chi connectivity index (χ1n) is 5.37. The molecule has 2 aromatic rings. The van der Waals surface area contributed by atoms with Crippen LogP contribution in [0, 0.1) is 12.7 Å². The van der Waals surface area contributed by atoms with Gasteiger partial charge in [0.1, 0.15) is 11.9 Å². The molecule has 18 heavy (non-hydrogen) atoms. The third-order valence-electron chi connectivity index (χ3n) is 2.71. The van der Waals surface area contributed by atoms with Crippen LogP contribution in [-0.4, -0.2) is 5.11 Å². The maximum atomic E-state index is 13.3. The van der Waals surface area contributed by atoms with Gasteiger partial charge in [-0.3, -0.25) is 0 Å². The third-order valence-corrected chi connectivity index (χ3v) is 3.58. The molecule has 1 N–H and O–H groups in total. The summed E-state index contributed by atoms with van der Waals surface area (Å²) in [6, 6.07) is 9.64. The van der Waals surface area contributed by atoms with Crippen molar-refractivity contribution in [2.75, 3.05) is 0 Å². The van der Waals surface area contributed by atoms with Crippen LogP contribution in [0.25, 0.3) is 0 Å². The van der Waals surface area contributed by atoms with E-state index >= 15 is 0 Å². The Balaban J connectivity index is 2.40. The summed E-state index contributed by atoms with van der Waals surface area (Å²) in [6.45, 7) is 1.89. The van der Waals surface area contributed by atoms with Crippen LogP contribution in [0.1, 0.15) is 22.8 Å². The third kappa shape index (κ3) is 2.91. The van der Waals surface area contributed by atoms with Crippen LogP contribution in [0.3, 0.4) is 0 Å². The topological polar surface area (TPSA) is 20.2 Å². The number of hydrogen-bond acceptors (Lipinski definition) is 1. The number of benzene rings is 2. The quantitative estimate of drug-likeness (QED) is 0.851. The number of rotatable bonds is 2. The molecule has 0 aliphatic heterocycles. The van der Waals surface area contributed by atoms with Crippen molar-refractivity contribution in [3.05, 3.63) is 68.4 Å². The van der Waals surface area contributed by atoms with Crippen LogP contribution in [0.15, 0.2) is 40.9 Å². The van der Waals surface area contributed by atoms with Gasteiger partial charge in [-0.2, -0.15) is 0 Å². The number of hydrogen-bond donors (Lipinski definition) is 1. The Kier molecular flexibility index (Phi) is 4.05. The van der Waals surface area contributed by atoms with Crippen molar-refractivity contribution in [2.45, 2.75) is 13.0 Å². The molecule has 0 radical (unpaired) electrons. The molecule has 0 saturated carbocycles. The van der Waals surface area contributed by atoms with Crippen molar-refractivity contribution in [2.24, 2.45) is 0 Å². The standard InChI is InChI=1S/C14H11BrClFO/c1-8-2-3-9(6-13(8)16)14(18)10-4-11(15)7-12(17)5-10/h2-7,14,18H,1H3. The van der Waals surface area contributed by atoms with Crippen molar-refractivity contribution in [3.63, 3.8) is 0 Å². The number of aliphatic hydroxyl groups excluding tert-OH is 1. The second-order valence-electron chi connectivity index (χ2n) is 4.11. The van der Waals surface area contributed by atoms with Gasteiger partial charge in [0.25, 0.3) is 0 Å². The molecule has 0 bridgehead atoms. The van der Waals surface area contributed by atoms with Gasteiger partial charge in [-0.05, 0) is 47.9 Å². The van der Waals surface area contributed by atoms with E-state index in [1.54, 1.807) is 18.2 Å². The lowest BCUT2D eigenvalue weighted by molar-refractivity contribution is 0.219. The highest BCUT2D eigenvalue weighted by molar-refractivity contribution is 9.10. The van der Waals surface area contributed by atoms with E-state index in [2.05, 4.69) is 15.9 Å². The normalized spacial score (nSPS) is 12.5. The largest absolute Gasteiger partial charge is 0.384 e. The van der Waals surface area contributed by atoms with Gasteiger partial charge in [0.2, 0.25) is 0 Å². The van der Waals surface area contributed by atoms with Crippen LogP contribution in [0.2, 0.25) is 5.02 Å². The molecule has 0 saturated heterocycles. The Labute approximate surface area is 118 Å². The molecule has 0 fully saturated rings. The van der Waals surface area contributed by atoms with E-state index in [0.717, 1.165) is 5.56 Å². The van der Waals surface area contributed by atoms with Crippen LogP contribution in [0.5, 0.6) is 0 Å². The van der Waals surface area contributed by atoms with E-state index in [4.69, 9.17) is 11.6 Å². The van der Waals surface area contributed by atoms with Crippen molar-refractivity contribution in [1.82, 2.24) is 0 Å². The molecule has 0 aliphatic rings. The second-order valence-corrected chi connectivity index (χ2v) is 5.44. The molecule has 94 valence electrons. The zero-order chi connectivity index (χ0) is 13.3.